The second-order valence-corrected chi connectivity index (χ2v) is 6.63. The molecule has 0 atom stereocenters. The Hall–Kier alpha value is -2.74. The van der Waals surface area contributed by atoms with E-state index in [0.717, 1.165) is 10.7 Å². The maximum Gasteiger partial charge on any atom is 0.417 e. The van der Waals surface area contributed by atoms with Gasteiger partial charge in [-0.1, -0.05) is 18.2 Å². The highest BCUT2D eigenvalue weighted by molar-refractivity contribution is 7.13. The smallest absolute Gasteiger partial charge is 0.227 e. The topological polar surface area (TPSA) is 30.7 Å². The molecule has 8 heteroatoms. The van der Waals surface area contributed by atoms with E-state index >= 15 is 0 Å². The third kappa shape index (κ3) is 2.66. The average molecular weight is 377 g/mol. The van der Waals surface area contributed by atoms with Crippen molar-refractivity contribution in [3.8, 4) is 16.3 Å². The van der Waals surface area contributed by atoms with Gasteiger partial charge in [-0.05, 0) is 36.6 Å². The van der Waals surface area contributed by atoms with Crippen molar-refractivity contribution in [2.75, 3.05) is 0 Å². The highest BCUT2D eigenvalue weighted by Crippen LogP contribution is 2.39. The summed E-state index contributed by atoms with van der Waals surface area (Å²) in [5.74, 6) is -0.589. The fourth-order valence-electron chi connectivity index (χ4n) is 2.85. The van der Waals surface area contributed by atoms with Gasteiger partial charge in [0.2, 0.25) is 0 Å². The van der Waals surface area contributed by atoms with Crippen LogP contribution >= 0.6 is 11.3 Å². The molecule has 0 aliphatic rings. The van der Waals surface area contributed by atoms with Gasteiger partial charge in [0.25, 0.3) is 0 Å². The maximum atomic E-state index is 14.2. The molecule has 4 rings (SSSR count). The molecule has 132 valence electrons. The van der Waals surface area contributed by atoms with Crippen LogP contribution in [-0.2, 0) is 6.18 Å². The van der Waals surface area contributed by atoms with Crippen molar-refractivity contribution in [1.82, 2.24) is 14.8 Å². The summed E-state index contributed by atoms with van der Waals surface area (Å²) in [6.07, 6.45) is -4.58. The lowest BCUT2D eigenvalue weighted by molar-refractivity contribution is -0.136. The van der Waals surface area contributed by atoms with Crippen LogP contribution in [0.2, 0.25) is 0 Å². The second-order valence-electron chi connectivity index (χ2n) is 5.68. The SMILES string of the molecule is Cc1nn(-c2ccccc2F)c2nc(-c3cccs3)cc(C(F)(F)F)c12. The summed E-state index contributed by atoms with van der Waals surface area (Å²) in [5.41, 5.74) is -0.482. The van der Waals surface area contributed by atoms with E-state index in [0.29, 0.717) is 4.88 Å². The van der Waals surface area contributed by atoms with Crippen molar-refractivity contribution in [3.05, 3.63) is 64.9 Å². The van der Waals surface area contributed by atoms with Gasteiger partial charge in [-0.3, -0.25) is 0 Å². The van der Waals surface area contributed by atoms with E-state index in [1.165, 1.54) is 36.5 Å². The lowest BCUT2D eigenvalue weighted by Crippen LogP contribution is -2.08. The molecular weight excluding hydrogens is 366 g/mol. The number of halogens is 4. The van der Waals surface area contributed by atoms with Crippen LogP contribution < -0.4 is 0 Å². The quantitative estimate of drug-likeness (QED) is 0.425. The van der Waals surface area contributed by atoms with E-state index in [1.54, 1.807) is 23.6 Å². The number of aromatic nitrogens is 3. The molecule has 0 aliphatic carbocycles. The average Bonchev–Trinajstić information content (AvgIpc) is 3.22. The van der Waals surface area contributed by atoms with E-state index in [9.17, 15) is 17.6 Å². The zero-order valence-electron chi connectivity index (χ0n) is 13.4. The van der Waals surface area contributed by atoms with Crippen molar-refractivity contribution in [2.45, 2.75) is 13.1 Å². The van der Waals surface area contributed by atoms with Gasteiger partial charge in [0, 0.05) is 0 Å². The van der Waals surface area contributed by atoms with Crippen molar-refractivity contribution in [2.24, 2.45) is 0 Å². The van der Waals surface area contributed by atoms with Crippen LogP contribution in [0.1, 0.15) is 11.3 Å². The molecule has 0 radical (unpaired) electrons. The standard InChI is InChI=1S/C18H11F4N3S/c1-10-16-11(18(20,21)22)9-13(15-7-4-8-26-15)23-17(16)25(24-10)14-6-3-2-5-12(14)19/h2-9H,1H3. The molecule has 0 N–H and O–H groups in total. The summed E-state index contributed by atoms with van der Waals surface area (Å²) >= 11 is 1.28. The number of aryl methyl sites for hydroxylation is 1. The van der Waals surface area contributed by atoms with Gasteiger partial charge in [0.05, 0.1) is 27.2 Å². The number of alkyl halides is 3. The number of para-hydroxylation sites is 1. The van der Waals surface area contributed by atoms with E-state index in [4.69, 9.17) is 0 Å². The number of benzene rings is 1. The summed E-state index contributed by atoms with van der Waals surface area (Å²) in [4.78, 5) is 4.97. The number of rotatable bonds is 2. The monoisotopic (exact) mass is 377 g/mol. The first-order valence-electron chi connectivity index (χ1n) is 7.62. The zero-order valence-corrected chi connectivity index (χ0v) is 14.2. The molecule has 4 aromatic rings. The molecule has 0 aliphatic heterocycles. The number of thiophene rings is 1. The minimum Gasteiger partial charge on any atom is -0.227 e. The molecule has 0 saturated heterocycles. The Balaban J connectivity index is 2.11. The first-order chi connectivity index (χ1) is 12.4. The number of hydrogen-bond donors (Lipinski definition) is 0. The highest BCUT2D eigenvalue weighted by Gasteiger charge is 2.36. The summed E-state index contributed by atoms with van der Waals surface area (Å²) in [5, 5.41) is 5.77. The first kappa shape index (κ1) is 16.7. The predicted octanol–water partition coefficient (Wildman–Crippen LogP) is 5.62. The summed E-state index contributed by atoms with van der Waals surface area (Å²) in [7, 11) is 0. The largest absolute Gasteiger partial charge is 0.417 e. The Morgan fingerprint density at radius 3 is 2.50 bits per heavy atom. The lowest BCUT2D eigenvalue weighted by Gasteiger charge is -2.11. The second kappa shape index (κ2) is 5.91. The Bertz CT molecular complexity index is 1100. The molecule has 0 bridgehead atoms. The van der Waals surface area contributed by atoms with Gasteiger partial charge in [0.1, 0.15) is 11.5 Å². The normalized spacial score (nSPS) is 12.0. The summed E-state index contributed by atoms with van der Waals surface area (Å²) < 4.78 is 56.4. The minimum atomic E-state index is -4.58. The molecule has 0 saturated carbocycles. The third-order valence-electron chi connectivity index (χ3n) is 3.97. The first-order valence-corrected chi connectivity index (χ1v) is 8.50. The number of nitrogens with zero attached hydrogens (tertiary/aromatic N) is 3. The van der Waals surface area contributed by atoms with Gasteiger partial charge in [0.15, 0.2) is 5.65 Å². The van der Waals surface area contributed by atoms with E-state index in [1.807, 2.05) is 0 Å². The lowest BCUT2D eigenvalue weighted by atomic mass is 10.1. The molecule has 26 heavy (non-hydrogen) atoms. The number of pyridine rings is 1. The molecule has 0 unspecified atom stereocenters. The Morgan fingerprint density at radius 1 is 1.08 bits per heavy atom. The van der Waals surface area contributed by atoms with E-state index in [-0.39, 0.29) is 28.1 Å². The Morgan fingerprint density at radius 2 is 1.85 bits per heavy atom. The molecule has 3 heterocycles. The van der Waals surface area contributed by atoms with Crippen LogP contribution in [-0.4, -0.2) is 14.8 Å². The van der Waals surface area contributed by atoms with Crippen molar-refractivity contribution in [3.63, 3.8) is 0 Å². The fourth-order valence-corrected chi connectivity index (χ4v) is 3.54. The van der Waals surface area contributed by atoms with Gasteiger partial charge < -0.3 is 0 Å². The Kier molecular flexibility index (Phi) is 3.80. The van der Waals surface area contributed by atoms with E-state index in [2.05, 4.69) is 10.1 Å². The minimum absolute atomic E-state index is 0.0224. The molecular formula is C18H11F4N3S. The van der Waals surface area contributed by atoms with Gasteiger partial charge in [-0.25, -0.2) is 14.1 Å². The summed E-state index contributed by atoms with van der Waals surface area (Å²) in [6.45, 7) is 1.46. The summed E-state index contributed by atoms with van der Waals surface area (Å²) in [6, 6.07) is 10.2. The van der Waals surface area contributed by atoms with Crippen LogP contribution in [0.25, 0.3) is 27.3 Å². The van der Waals surface area contributed by atoms with Crippen LogP contribution in [0.15, 0.2) is 47.8 Å². The van der Waals surface area contributed by atoms with Crippen LogP contribution in [0.4, 0.5) is 17.6 Å². The molecule has 1 aromatic carbocycles. The highest BCUT2D eigenvalue weighted by atomic mass is 32.1. The molecule has 3 nitrogen and oxygen atoms in total. The van der Waals surface area contributed by atoms with Gasteiger partial charge in [-0.2, -0.15) is 18.3 Å². The van der Waals surface area contributed by atoms with E-state index < -0.39 is 17.6 Å². The maximum absolute atomic E-state index is 14.2. The third-order valence-corrected chi connectivity index (χ3v) is 4.86. The molecule has 3 aromatic heterocycles. The fraction of sp³-hybridized carbons (Fsp3) is 0.111. The van der Waals surface area contributed by atoms with Crippen molar-refractivity contribution in [1.29, 1.82) is 0 Å². The molecule has 0 fully saturated rings. The molecule has 0 amide bonds. The van der Waals surface area contributed by atoms with Crippen molar-refractivity contribution >= 4 is 22.4 Å². The van der Waals surface area contributed by atoms with Gasteiger partial charge >= 0.3 is 6.18 Å². The van der Waals surface area contributed by atoms with Crippen LogP contribution in [0.3, 0.4) is 0 Å². The number of hydrogen-bond acceptors (Lipinski definition) is 3. The van der Waals surface area contributed by atoms with Crippen LogP contribution in [0, 0.1) is 12.7 Å². The van der Waals surface area contributed by atoms with Crippen molar-refractivity contribution < 1.29 is 17.6 Å². The predicted molar refractivity (Wildman–Crippen MR) is 91.9 cm³/mol. The Labute approximate surface area is 149 Å². The number of fused-ring (bicyclic) bond motifs is 1. The zero-order chi connectivity index (χ0) is 18.5. The molecule has 0 spiro atoms. The van der Waals surface area contributed by atoms with Crippen LogP contribution in [0.5, 0.6) is 0 Å². The van der Waals surface area contributed by atoms with Gasteiger partial charge in [-0.15, -0.1) is 11.3 Å².